The lowest BCUT2D eigenvalue weighted by Gasteiger charge is -2.14. The predicted molar refractivity (Wildman–Crippen MR) is 86.6 cm³/mol. The summed E-state index contributed by atoms with van der Waals surface area (Å²) in [6.45, 7) is 2.83. The summed E-state index contributed by atoms with van der Waals surface area (Å²) in [6, 6.07) is 6.56. The largest absolute Gasteiger partial charge is 0.491 e. The van der Waals surface area contributed by atoms with Gasteiger partial charge in [0, 0.05) is 13.2 Å². The van der Waals surface area contributed by atoms with Crippen molar-refractivity contribution in [1.29, 1.82) is 0 Å². The first-order chi connectivity index (χ1) is 10.2. The molecule has 1 aliphatic rings. The average Bonchev–Trinajstić information content (AvgIpc) is 3.08. The second kappa shape index (κ2) is 6.20. The second-order valence-electron chi connectivity index (χ2n) is 5.62. The van der Waals surface area contributed by atoms with E-state index in [9.17, 15) is 0 Å². The van der Waals surface area contributed by atoms with Crippen LogP contribution in [0.15, 0.2) is 18.2 Å². The first-order valence-corrected chi connectivity index (χ1v) is 8.04. The molecule has 4 nitrogen and oxygen atoms in total. The summed E-state index contributed by atoms with van der Waals surface area (Å²) in [5.41, 5.74) is 2.15. The average molecular weight is 306 g/mol. The number of aromatic amines is 1. The minimum atomic E-state index is 0.348. The fraction of sp³-hybridized carbons (Fsp3) is 0.562. The van der Waals surface area contributed by atoms with E-state index in [2.05, 4.69) is 22.5 Å². The van der Waals surface area contributed by atoms with Crippen molar-refractivity contribution in [2.75, 3.05) is 13.7 Å². The summed E-state index contributed by atoms with van der Waals surface area (Å²) in [7, 11) is 1.79. The number of nitrogens with zero attached hydrogens (tertiary/aromatic N) is 1. The number of hydrogen-bond donors (Lipinski definition) is 1. The Hall–Kier alpha value is -1.33. The van der Waals surface area contributed by atoms with Crippen molar-refractivity contribution >= 4 is 23.3 Å². The van der Waals surface area contributed by atoms with Crippen LogP contribution in [0.25, 0.3) is 11.0 Å². The number of methoxy groups -OCH3 is 1. The molecule has 1 saturated carbocycles. The van der Waals surface area contributed by atoms with E-state index in [0.29, 0.717) is 12.1 Å². The van der Waals surface area contributed by atoms with Crippen LogP contribution in [0.2, 0.25) is 0 Å². The molecule has 1 aliphatic carbocycles. The van der Waals surface area contributed by atoms with Gasteiger partial charge < -0.3 is 19.0 Å². The summed E-state index contributed by atoms with van der Waals surface area (Å²) >= 11 is 5.55. The molecule has 0 radical (unpaired) electrons. The molecule has 5 heteroatoms. The highest BCUT2D eigenvalue weighted by Crippen LogP contribution is 2.36. The van der Waals surface area contributed by atoms with Gasteiger partial charge in [-0.15, -0.1) is 0 Å². The Morgan fingerprint density at radius 2 is 2.24 bits per heavy atom. The van der Waals surface area contributed by atoms with Gasteiger partial charge in [-0.2, -0.15) is 0 Å². The van der Waals surface area contributed by atoms with Crippen molar-refractivity contribution in [3.05, 3.63) is 23.0 Å². The van der Waals surface area contributed by atoms with Gasteiger partial charge in [0.05, 0.1) is 18.2 Å². The van der Waals surface area contributed by atoms with Crippen LogP contribution in [-0.2, 0) is 4.74 Å². The van der Waals surface area contributed by atoms with Crippen LogP contribution < -0.4 is 4.74 Å². The lowest BCUT2D eigenvalue weighted by molar-refractivity contribution is 0.106. The molecule has 1 heterocycles. The lowest BCUT2D eigenvalue weighted by Crippen LogP contribution is -2.09. The third-order valence-electron chi connectivity index (χ3n) is 4.23. The van der Waals surface area contributed by atoms with Crippen molar-refractivity contribution in [3.63, 3.8) is 0 Å². The highest BCUT2D eigenvalue weighted by atomic mass is 32.1. The Labute approximate surface area is 130 Å². The first-order valence-electron chi connectivity index (χ1n) is 7.63. The Kier molecular flexibility index (Phi) is 4.31. The van der Waals surface area contributed by atoms with E-state index in [1.807, 2.05) is 12.1 Å². The molecule has 21 heavy (non-hydrogen) atoms. The number of hydrogen-bond acceptors (Lipinski definition) is 3. The topological polar surface area (TPSA) is 39.2 Å². The highest BCUT2D eigenvalue weighted by Gasteiger charge is 2.27. The molecule has 0 aliphatic heterocycles. The standard InChI is InChI=1S/C16H22N2O2S/c1-3-9-20-14-6-4-5-13-15(14)17-16(21)18(13)11-7-8-12(10-11)19-2/h4-6,11-12H,3,7-10H2,1-2H3,(H,17,21). The zero-order valence-electron chi connectivity index (χ0n) is 12.6. The normalized spacial score (nSPS) is 22.0. The van der Waals surface area contributed by atoms with Crippen molar-refractivity contribution in [3.8, 4) is 5.75 Å². The smallest absolute Gasteiger partial charge is 0.178 e. The van der Waals surface area contributed by atoms with E-state index >= 15 is 0 Å². The van der Waals surface area contributed by atoms with Crippen LogP contribution in [0.4, 0.5) is 0 Å². The number of para-hydroxylation sites is 1. The van der Waals surface area contributed by atoms with E-state index in [1.54, 1.807) is 7.11 Å². The summed E-state index contributed by atoms with van der Waals surface area (Å²) in [5, 5.41) is 0. The third-order valence-corrected chi connectivity index (χ3v) is 4.53. The third kappa shape index (κ3) is 2.72. The number of benzene rings is 1. The summed E-state index contributed by atoms with van der Waals surface area (Å²) in [5.74, 6) is 0.889. The minimum Gasteiger partial charge on any atom is -0.491 e. The van der Waals surface area contributed by atoms with Crippen LogP contribution in [0.1, 0.15) is 38.6 Å². The van der Waals surface area contributed by atoms with Gasteiger partial charge in [0.15, 0.2) is 4.77 Å². The van der Waals surface area contributed by atoms with E-state index in [4.69, 9.17) is 21.7 Å². The summed E-state index contributed by atoms with van der Waals surface area (Å²) in [4.78, 5) is 3.33. The molecule has 1 N–H and O–H groups in total. The van der Waals surface area contributed by atoms with Crippen molar-refractivity contribution in [1.82, 2.24) is 9.55 Å². The maximum atomic E-state index is 5.83. The van der Waals surface area contributed by atoms with Gasteiger partial charge in [0.2, 0.25) is 0 Å². The molecule has 2 aromatic rings. The zero-order chi connectivity index (χ0) is 14.8. The van der Waals surface area contributed by atoms with Gasteiger partial charge in [0.25, 0.3) is 0 Å². The molecule has 0 bridgehead atoms. The van der Waals surface area contributed by atoms with Gasteiger partial charge in [-0.05, 0) is 50.0 Å². The fourth-order valence-electron chi connectivity index (χ4n) is 3.18. The molecule has 2 unspecified atom stereocenters. The number of nitrogens with one attached hydrogen (secondary N) is 1. The van der Waals surface area contributed by atoms with Gasteiger partial charge >= 0.3 is 0 Å². The Bertz CT molecular complexity index is 676. The summed E-state index contributed by atoms with van der Waals surface area (Å²) in [6.07, 6.45) is 4.58. The molecule has 0 amide bonds. The number of H-pyrrole nitrogens is 1. The Morgan fingerprint density at radius 1 is 1.38 bits per heavy atom. The van der Waals surface area contributed by atoms with E-state index in [-0.39, 0.29) is 0 Å². The highest BCUT2D eigenvalue weighted by molar-refractivity contribution is 7.71. The SMILES string of the molecule is CCCOc1cccc2c1[nH]c(=S)n2C1CCC(OC)C1. The number of ether oxygens (including phenoxy) is 2. The predicted octanol–water partition coefficient (Wildman–Crippen LogP) is 4.23. The van der Waals surface area contributed by atoms with Crippen LogP contribution >= 0.6 is 12.2 Å². The van der Waals surface area contributed by atoms with Gasteiger partial charge in [-0.25, -0.2) is 0 Å². The molecule has 0 spiro atoms. The molecule has 0 saturated heterocycles. The molecule has 1 aromatic carbocycles. The van der Waals surface area contributed by atoms with Crippen molar-refractivity contribution < 1.29 is 9.47 Å². The maximum absolute atomic E-state index is 5.83. The monoisotopic (exact) mass is 306 g/mol. The van der Waals surface area contributed by atoms with Crippen LogP contribution in [0, 0.1) is 4.77 Å². The molecule has 3 rings (SSSR count). The van der Waals surface area contributed by atoms with Gasteiger partial charge in [-0.1, -0.05) is 13.0 Å². The first kappa shape index (κ1) is 14.6. The number of aromatic nitrogens is 2. The fourth-order valence-corrected chi connectivity index (χ4v) is 3.53. The van der Waals surface area contributed by atoms with Gasteiger partial charge in [-0.3, -0.25) is 0 Å². The molecular weight excluding hydrogens is 284 g/mol. The molecular formula is C16H22N2O2S. The molecule has 114 valence electrons. The number of rotatable bonds is 5. The number of fused-ring (bicyclic) bond motifs is 1. The Balaban J connectivity index is 2.00. The van der Waals surface area contributed by atoms with Crippen LogP contribution in [-0.4, -0.2) is 29.4 Å². The van der Waals surface area contributed by atoms with E-state index in [1.165, 1.54) is 0 Å². The maximum Gasteiger partial charge on any atom is 0.178 e. The lowest BCUT2D eigenvalue weighted by atomic mass is 10.2. The second-order valence-corrected chi connectivity index (χ2v) is 6.01. The van der Waals surface area contributed by atoms with E-state index in [0.717, 1.165) is 53.8 Å². The quantitative estimate of drug-likeness (QED) is 0.840. The van der Waals surface area contributed by atoms with Crippen LogP contribution in [0.3, 0.4) is 0 Å². The Morgan fingerprint density at radius 3 is 2.95 bits per heavy atom. The molecule has 1 aromatic heterocycles. The minimum absolute atomic E-state index is 0.348. The van der Waals surface area contributed by atoms with Crippen molar-refractivity contribution in [2.45, 2.75) is 44.8 Å². The summed E-state index contributed by atoms with van der Waals surface area (Å²) < 4.78 is 14.3. The van der Waals surface area contributed by atoms with Crippen molar-refractivity contribution in [2.24, 2.45) is 0 Å². The molecule has 1 fully saturated rings. The van der Waals surface area contributed by atoms with Gasteiger partial charge in [0.1, 0.15) is 11.3 Å². The van der Waals surface area contributed by atoms with Crippen LogP contribution in [0.5, 0.6) is 5.75 Å². The zero-order valence-corrected chi connectivity index (χ0v) is 13.4. The number of imidazole rings is 1. The molecule has 2 atom stereocenters. The van der Waals surface area contributed by atoms with E-state index < -0.39 is 0 Å².